The van der Waals surface area contributed by atoms with Crippen LogP contribution in [0.3, 0.4) is 0 Å². The van der Waals surface area contributed by atoms with Gasteiger partial charge < -0.3 is 0 Å². The highest BCUT2D eigenvalue weighted by atomic mass is 16.2. The van der Waals surface area contributed by atoms with Gasteiger partial charge in [-0.05, 0) is 12.1 Å². The first-order valence-electron chi connectivity index (χ1n) is 7.26. The van der Waals surface area contributed by atoms with Crippen LogP contribution in [0.25, 0.3) is 21.5 Å². The molecule has 2 heterocycles. The van der Waals surface area contributed by atoms with Gasteiger partial charge in [-0.15, -0.1) is 0 Å². The van der Waals surface area contributed by atoms with Crippen LogP contribution < -0.4 is 22.2 Å². The second-order valence-electron chi connectivity index (χ2n) is 4.28. The van der Waals surface area contributed by atoms with Gasteiger partial charge in [0.2, 0.25) is 0 Å². The highest BCUT2D eigenvalue weighted by Crippen LogP contribution is 2.13. The van der Waals surface area contributed by atoms with Crippen LogP contribution in [0, 0.1) is 0 Å². The second kappa shape index (κ2) is 6.51. The topological polar surface area (TPSA) is 78.1 Å². The average Bonchev–Trinajstić information content (AvgIpc) is 2.91. The highest BCUT2D eigenvalue weighted by molar-refractivity contribution is 5.97. The molecule has 6 heteroatoms. The number of fused-ring (bicyclic) bond motifs is 2. The minimum absolute atomic E-state index is 0.178. The Hall–Kier alpha value is -2.50. The van der Waals surface area contributed by atoms with Gasteiger partial charge in [0.1, 0.15) is 0 Å². The van der Waals surface area contributed by atoms with E-state index in [0.717, 1.165) is 9.13 Å². The molecule has 0 fully saturated rings. The Balaban J connectivity index is 0.000000561. The monoisotopic (exact) mass is 304 g/mol. The van der Waals surface area contributed by atoms with Crippen LogP contribution in [0.4, 0.5) is 0 Å². The first-order chi connectivity index (χ1) is 10.4. The maximum atomic E-state index is 11.8. The van der Waals surface area contributed by atoms with Crippen LogP contribution in [0.15, 0.2) is 31.3 Å². The predicted octanol–water partition coefficient (Wildman–Crippen LogP) is 1.04. The molecule has 0 N–H and O–H groups in total. The fraction of sp³-hybridized carbons (Fsp3) is 0.375. The number of hydrogen-bond acceptors (Lipinski definition) is 4. The summed E-state index contributed by atoms with van der Waals surface area (Å²) in [5.74, 6) is 0. The lowest BCUT2D eigenvalue weighted by molar-refractivity contribution is 0.854. The quantitative estimate of drug-likeness (QED) is 0.621. The molecule has 0 spiro atoms. The molecule has 1 aromatic carbocycles. The van der Waals surface area contributed by atoms with E-state index in [2.05, 4.69) is 0 Å². The van der Waals surface area contributed by atoms with Crippen LogP contribution in [0.1, 0.15) is 27.7 Å². The van der Waals surface area contributed by atoms with E-state index in [1.54, 1.807) is 0 Å². The second-order valence-corrected chi connectivity index (χ2v) is 4.28. The van der Waals surface area contributed by atoms with Crippen molar-refractivity contribution in [2.45, 2.75) is 27.7 Å². The Morgan fingerprint density at radius 3 is 0.909 bits per heavy atom. The first-order valence-corrected chi connectivity index (χ1v) is 7.26. The molecule has 0 unspecified atom stereocenters. The molecule has 2 aromatic heterocycles. The summed E-state index contributed by atoms with van der Waals surface area (Å²) in [5.41, 5.74) is -1.81. The van der Waals surface area contributed by atoms with Crippen molar-refractivity contribution < 1.29 is 0 Å². The van der Waals surface area contributed by atoms with Crippen molar-refractivity contribution in [3.05, 3.63) is 53.5 Å². The molecule has 0 aliphatic rings. The summed E-state index contributed by atoms with van der Waals surface area (Å²) in [6, 6.07) is 2.66. The van der Waals surface area contributed by atoms with Gasteiger partial charge in [-0.25, -0.2) is 0 Å². The Morgan fingerprint density at radius 1 is 0.545 bits per heavy atom. The van der Waals surface area contributed by atoms with E-state index >= 15 is 0 Å². The van der Waals surface area contributed by atoms with E-state index in [1.165, 1.54) is 26.2 Å². The van der Waals surface area contributed by atoms with Gasteiger partial charge in [-0.3, -0.25) is 28.3 Å². The molecule has 118 valence electrons. The summed E-state index contributed by atoms with van der Waals surface area (Å²) >= 11 is 0. The van der Waals surface area contributed by atoms with Crippen molar-refractivity contribution in [2.24, 2.45) is 14.1 Å². The molecule has 0 amide bonds. The zero-order chi connectivity index (χ0) is 17.2. The summed E-state index contributed by atoms with van der Waals surface area (Å²) in [6.07, 6.45) is 0. The standard InChI is InChI=1S/C12H8N2O4.2C2H6/c1-13-9(15)5-3-7-8(4-6(5)10(13)16)12(18)14(2)11(7)17;2*1-2/h3-4H,1-2H3;2*1-2H3. The van der Waals surface area contributed by atoms with Crippen molar-refractivity contribution in [3.8, 4) is 0 Å². The summed E-state index contributed by atoms with van der Waals surface area (Å²) in [7, 11) is 2.73. The van der Waals surface area contributed by atoms with Gasteiger partial charge in [-0.2, -0.15) is 0 Å². The van der Waals surface area contributed by atoms with Crippen molar-refractivity contribution in [3.63, 3.8) is 0 Å². The lowest BCUT2D eigenvalue weighted by Crippen LogP contribution is -2.21. The third-order valence-corrected chi connectivity index (χ3v) is 3.30. The molecule has 0 radical (unpaired) electrons. The lowest BCUT2D eigenvalue weighted by Gasteiger charge is -1.86. The smallest absolute Gasteiger partial charge is 0.261 e. The third kappa shape index (κ3) is 2.30. The fourth-order valence-electron chi connectivity index (χ4n) is 2.21. The molecule has 3 rings (SSSR count). The van der Waals surface area contributed by atoms with E-state index < -0.39 is 22.2 Å². The first kappa shape index (κ1) is 17.6. The molecular weight excluding hydrogens is 284 g/mol. The molecule has 0 aliphatic heterocycles. The minimum Gasteiger partial charge on any atom is -0.277 e. The van der Waals surface area contributed by atoms with Gasteiger partial charge in [0.05, 0.1) is 21.5 Å². The van der Waals surface area contributed by atoms with Gasteiger partial charge in [0.25, 0.3) is 22.2 Å². The van der Waals surface area contributed by atoms with Crippen LogP contribution in [0.2, 0.25) is 0 Å². The van der Waals surface area contributed by atoms with Crippen LogP contribution in [0.5, 0.6) is 0 Å². The molecule has 0 bridgehead atoms. The Kier molecular flexibility index (Phi) is 5.19. The van der Waals surface area contributed by atoms with E-state index in [0.29, 0.717) is 0 Å². The van der Waals surface area contributed by atoms with Crippen molar-refractivity contribution in [2.75, 3.05) is 0 Å². The van der Waals surface area contributed by atoms with E-state index in [9.17, 15) is 19.2 Å². The summed E-state index contributed by atoms with van der Waals surface area (Å²) in [5, 5.41) is 0.714. The summed E-state index contributed by atoms with van der Waals surface area (Å²) < 4.78 is 1.94. The molecule has 0 saturated heterocycles. The number of rotatable bonds is 0. The normalized spacial score (nSPS) is 10.1. The maximum absolute atomic E-state index is 11.8. The molecular formula is C16H20N2O4. The SMILES string of the molecule is CC.CC.Cn1c(=O)c2cc3c(=O)n(C)c(=O)c3cc2c1=O. The van der Waals surface area contributed by atoms with E-state index in [-0.39, 0.29) is 21.5 Å². The van der Waals surface area contributed by atoms with Crippen LogP contribution >= 0.6 is 0 Å². The summed E-state index contributed by atoms with van der Waals surface area (Å²) in [6.45, 7) is 8.00. The van der Waals surface area contributed by atoms with Crippen molar-refractivity contribution in [1.82, 2.24) is 9.13 Å². The van der Waals surface area contributed by atoms with Crippen molar-refractivity contribution >= 4 is 21.5 Å². The molecule has 0 saturated carbocycles. The fourth-order valence-corrected chi connectivity index (χ4v) is 2.21. The zero-order valence-corrected chi connectivity index (χ0v) is 13.7. The van der Waals surface area contributed by atoms with Gasteiger partial charge in [0.15, 0.2) is 0 Å². The lowest BCUT2D eigenvalue weighted by atomic mass is 10.1. The number of aromatic nitrogens is 2. The third-order valence-electron chi connectivity index (χ3n) is 3.30. The zero-order valence-electron chi connectivity index (χ0n) is 13.7. The molecule has 6 nitrogen and oxygen atoms in total. The molecule has 0 atom stereocenters. The summed E-state index contributed by atoms with van der Waals surface area (Å²) in [4.78, 5) is 47.1. The van der Waals surface area contributed by atoms with Gasteiger partial charge in [0, 0.05) is 14.1 Å². The average molecular weight is 304 g/mol. The minimum atomic E-state index is -0.451. The molecule has 22 heavy (non-hydrogen) atoms. The highest BCUT2D eigenvalue weighted by Gasteiger charge is 2.16. The number of benzene rings is 1. The van der Waals surface area contributed by atoms with Crippen molar-refractivity contribution in [1.29, 1.82) is 0 Å². The Labute approximate surface area is 126 Å². The van der Waals surface area contributed by atoms with Gasteiger partial charge in [-0.1, -0.05) is 27.7 Å². The Morgan fingerprint density at radius 2 is 0.727 bits per heavy atom. The van der Waals surface area contributed by atoms with E-state index in [4.69, 9.17) is 0 Å². The molecule has 3 aromatic rings. The molecule has 0 aliphatic carbocycles. The van der Waals surface area contributed by atoms with Gasteiger partial charge >= 0.3 is 0 Å². The predicted molar refractivity (Wildman–Crippen MR) is 89.5 cm³/mol. The van der Waals surface area contributed by atoms with Crippen LogP contribution in [-0.4, -0.2) is 9.13 Å². The number of nitrogens with zero attached hydrogens (tertiary/aromatic N) is 2. The Bertz CT molecular complexity index is 856. The van der Waals surface area contributed by atoms with E-state index in [1.807, 2.05) is 27.7 Å². The number of hydrogen-bond donors (Lipinski definition) is 0. The largest absolute Gasteiger partial charge is 0.277 e. The van der Waals surface area contributed by atoms with Crippen LogP contribution in [-0.2, 0) is 14.1 Å². The maximum Gasteiger partial charge on any atom is 0.261 e.